The van der Waals surface area contributed by atoms with E-state index in [-0.39, 0.29) is 10.9 Å². The van der Waals surface area contributed by atoms with Gasteiger partial charge in [0, 0.05) is 46.3 Å². The molecule has 2 aromatic rings. The van der Waals surface area contributed by atoms with Crippen molar-refractivity contribution in [3.63, 3.8) is 0 Å². The quantitative estimate of drug-likeness (QED) is 0.799. The fraction of sp³-hybridized carbons (Fsp3) is 0.588. The summed E-state index contributed by atoms with van der Waals surface area (Å²) in [6.45, 7) is 5.79. The first kappa shape index (κ1) is 19.4. The molecule has 2 aromatic heterocycles. The van der Waals surface area contributed by atoms with E-state index >= 15 is 0 Å². The van der Waals surface area contributed by atoms with Crippen molar-refractivity contribution < 1.29 is 8.42 Å². The van der Waals surface area contributed by atoms with Crippen LogP contribution in [0.2, 0.25) is 0 Å². The molecule has 1 N–H and O–H groups in total. The van der Waals surface area contributed by atoms with Crippen LogP contribution >= 0.6 is 0 Å². The smallest absolute Gasteiger partial charge is 0.281 e. The lowest BCUT2D eigenvalue weighted by molar-refractivity contribution is 0.597. The third-order valence-electron chi connectivity index (χ3n) is 4.49. The molecule has 1 aliphatic rings. The number of sulfonamides is 1. The molecule has 148 valence electrons. The Kier molecular flexibility index (Phi) is 5.27. The minimum atomic E-state index is -3.84. The van der Waals surface area contributed by atoms with Crippen LogP contribution in [0.4, 0.5) is 17.5 Å². The number of imidazole rings is 1. The lowest BCUT2D eigenvalue weighted by Gasteiger charge is -2.21. The van der Waals surface area contributed by atoms with E-state index in [4.69, 9.17) is 0 Å². The Hall–Kier alpha value is -2.36. The predicted octanol–water partition coefficient (Wildman–Crippen LogP) is 1.80. The molecule has 0 radical (unpaired) electrons. The molecule has 3 heterocycles. The van der Waals surface area contributed by atoms with Gasteiger partial charge in [0.1, 0.15) is 11.5 Å². The van der Waals surface area contributed by atoms with Gasteiger partial charge in [-0.1, -0.05) is 13.8 Å². The minimum Gasteiger partial charge on any atom is -0.361 e. The third-order valence-corrected chi connectivity index (χ3v) is 5.73. The van der Waals surface area contributed by atoms with Crippen molar-refractivity contribution in [3.8, 4) is 0 Å². The Morgan fingerprint density at radius 2 is 1.85 bits per heavy atom. The summed E-state index contributed by atoms with van der Waals surface area (Å²) >= 11 is 0. The molecule has 0 spiro atoms. The second-order valence-corrected chi connectivity index (χ2v) is 8.93. The fourth-order valence-corrected chi connectivity index (χ4v) is 4.21. The second kappa shape index (κ2) is 7.34. The molecule has 1 aliphatic heterocycles. The molecular weight excluding hydrogens is 366 g/mol. The highest BCUT2D eigenvalue weighted by molar-refractivity contribution is 7.92. The second-order valence-electron chi connectivity index (χ2n) is 7.30. The van der Waals surface area contributed by atoms with Crippen LogP contribution in [0.5, 0.6) is 0 Å². The lowest BCUT2D eigenvalue weighted by Crippen LogP contribution is -2.24. The van der Waals surface area contributed by atoms with Gasteiger partial charge in [0.15, 0.2) is 10.8 Å². The molecule has 0 aliphatic carbocycles. The molecule has 0 unspecified atom stereocenters. The zero-order valence-corrected chi connectivity index (χ0v) is 17.3. The number of nitrogens with zero attached hydrogens (tertiary/aromatic N) is 6. The predicted molar refractivity (Wildman–Crippen MR) is 106 cm³/mol. The molecule has 0 atom stereocenters. The number of aromatic nitrogens is 4. The molecule has 1 saturated heterocycles. The number of anilines is 3. The van der Waals surface area contributed by atoms with Crippen LogP contribution in [0.1, 0.15) is 38.4 Å². The maximum Gasteiger partial charge on any atom is 0.281 e. The van der Waals surface area contributed by atoms with Gasteiger partial charge in [0.05, 0.1) is 6.20 Å². The highest BCUT2D eigenvalue weighted by Gasteiger charge is 2.24. The summed E-state index contributed by atoms with van der Waals surface area (Å²) in [5, 5.41) is -0.0120. The van der Waals surface area contributed by atoms with E-state index in [9.17, 15) is 8.42 Å². The van der Waals surface area contributed by atoms with Crippen molar-refractivity contribution in [1.82, 2.24) is 19.5 Å². The number of hydrogen-bond donors (Lipinski definition) is 1. The first-order valence-electron chi connectivity index (χ1n) is 9.04. The maximum atomic E-state index is 12.8. The van der Waals surface area contributed by atoms with Crippen LogP contribution in [0.25, 0.3) is 0 Å². The number of nitrogens with one attached hydrogen (secondary N) is 1. The first-order chi connectivity index (χ1) is 12.7. The fourth-order valence-electron chi connectivity index (χ4n) is 3.16. The summed E-state index contributed by atoms with van der Waals surface area (Å²) in [5.74, 6) is 1.98. The van der Waals surface area contributed by atoms with E-state index in [2.05, 4.69) is 24.6 Å². The molecule has 0 bridgehead atoms. The van der Waals surface area contributed by atoms with Crippen LogP contribution in [0, 0.1) is 0 Å². The van der Waals surface area contributed by atoms with Crippen molar-refractivity contribution in [2.24, 2.45) is 7.05 Å². The zero-order valence-electron chi connectivity index (χ0n) is 16.5. The van der Waals surface area contributed by atoms with Crippen molar-refractivity contribution in [2.45, 2.75) is 37.6 Å². The molecule has 1 fully saturated rings. The topological polar surface area (TPSA) is 96.2 Å². The molecule has 0 aromatic carbocycles. The molecule has 0 saturated carbocycles. The van der Waals surface area contributed by atoms with Crippen LogP contribution in [-0.4, -0.2) is 55.1 Å². The van der Waals surface area contributed by atoms with E-state index < -0.39 is 10.0 Å². The van der Waals surface area contributed by atoms with Crippen LogP contribution in [0.3, 0.4) is 0 Å². The first-order valence-corrected chi connectivity index (χ1v) is 10.5. The molecule has 3 rings (SSSR count). The average molecular weight is 394 g/mol. The van der Waals surface area contributed by atoms with Gasteiger partial charge in [-0.15, -0.1) is 0 Å². The van der Waals surface area contributed by atoms with Crippen LogP contribution in [0.15, 0.2) is 17.4 Å². The minimum absolute atomic E-state index is 0.0120. The lowest BCUT2D eigenvalue weighted by atomic mass is 10.2. The van der Waals surface area contributed by atoms with Gasteiger partial charge in [-0.3, -0.25) is 4.72 Å². The SMILES string of the molecule is CC(C)c1nc(S(=O)(=O)Nc2cnc(N3CCCC3)nc2N(C)C)cn1C. The van der Waals surface area contributed by atoms with Crippen LogP contribution in [-0.2, 0) is 17.1 Å². The summed E-state index contributed by atoms with van der Waals surface area (Å²) in [5.41, 5.74) is 0.333. The van der Waals surface area contributed by atoms with Gasteiger partial charge in [-0.2, -0.15) is 13.4 Å². The Bertz CT molecular complexity index is 915. The normalized spacial score (nSPS) is 14.8. The van der Waals surface area contributed by atoms with E-state index in [1.807, 2.05) is 27.9 Å². The molecule has 9 nitrogen and oxygen atoms in total. The van der Waals surface area contributed by atoms with Gasteiger partial charge >= 0.3 is 0 Å². The summed E-state index contributed by atoms with van der Waals surface area (Å²) < 4.78 is 30.0. The highest BCUT2D eigenvalue weighted by Crippen LogP contribution is 2.27. The standard InChI is InChI=1S/C17H27N7O2S/c1-12(2)15-19-14(11-23(15)5)27(25,26)21-13-10-18-17(20-16(13)22(3)4)24-8-6-7-9-24/h10-12,21H,6-9H2,1-5H3. The van der Waals surface area contributed by atoms with Crippen molar-refractivity contribution in [2.75, 3.05) is 41.7 Å². The molecule has 0 amide bonds. The van der Waals surface area contributed by atoms with Gasteiger partial charge in [0.2, 0.25) is 5.95 Å². The van der Waals surface area contributed by atoms with Crippen molar-refractivity contribution in [1.29, 1.82) is 0 Å². The maximum absolute atomic E-state index is 12.8. The van der Waals surface area contributed by atoms with Gasteiger partial charge < -0.3 is 14.4 Å². The van der Waals surface area contributed by atoms with Gasteiger partial charge in [-0.25, -0.2) is 9.97 Å². The van der Waals surface area contributed by atoms with Crippen molar-refractivity contribution in [3.05, 3.63) is 18.2 Å². The number of rotatable bonds is 6. The monoisotopic (exact) mass is 393 g/mol. The number of hydrogen-bond acceptors (Lipinski definition) is 7. The summed E-state index contributed by atoms with van der Waals surface area (Å²) in [6.07, 6.45) is 5.28. The van der Waals surface area contributed by atoms with E-state index in [1.54, 1.807) is 16.5 Å². The highest BCUT2D eigenvalue weighted by atomic mass is 32.2. The van der Waals surface area contributed by atoms with Crippen molar-refractivity contribution >= 4 is 27.5 Å². The number of aryl methyl sites for hydroxylation is 1. The largest absolute Gasteiger partial charge is 0.361 e. The summed E-state index contributed by atoms with van der Waals surface area (Å²) in [7, 11) is 1.60. The molecule has 10 heteroatoms. The Labute approximate surface area is 160 Å². The van der Waals surface area contributed by atoms with Gasteiger partial charge in [-0.05, 0) is 12.8 Å². The van der Waals surface area contributed by atoms with E-state index in [1.165, 1.54) is 12.4 Å². The Morgan fingerprint density at radius 3 is 2.41 bits per heavy atom. The average Bonchev–Trinajstić information content (AvgIpc) is 3.24. The molecule has 27 heavy (non-hydrogen) atoms. The Balaban J connectivity index is 1.92. The molecular formula is C17H27N7O2S. The summed E-state index contributed by atoms with van der Waals surface area (Å²) in [6, 6.07) is 0. The van der Waals surface area contributed by atoms with E-state index in [0.29, 0.717) is 23.3 Å². The summed E-state index contributed by atoms with van der Waals surface area (Å²) in [4.78, 5) is 17.1. The third kappa shape index (κ3) is 4.00. The van der Waals surface area contributed by atoms with Gasteiger partial charge in [0.25, 0.3) is 10.0 Å². The van der Waals surface area contributed by atoms with E-state index in [0.717, 1.165) is 25.9 Å². The zero-order chi connectivity index (χ0) is 19.8. The van der Waals surface area contributed by atoms with Crippen LogP contribution < -0.4 is 14.5 Å². The Morgan fingerprint density at radius 1 is 1.19 bits per heavy atom.